The van der Waals surface area contributed by atoms with Gasteiger partial charge in [-0.25, -0.2) is 0 Å². The Labute approximate surface area is 154 Å². The fraction of sp³-hybridized carbons (Fsp3) is 0.941. The van der Waals surface area contributed by atoms with Crippen LogP contribution in [-0.2, 0) is 0 Å². The molecule has 1 unspecified atom stereocenters. The summed E-state index contributed by atoms with van der Waals surface area (Å²) in [5.41, 5.74) is 0.427. The van der Waals surface area contributed by atoms with Crippen molar-refractivity contribution in [3.63, 3.8) is 0 Å². The molecule has 0 saturated carbocycles. The topological polar surface area (TPSA) is 30.9 Å². The molecule has 2 rings (SSSR count). The molecule has 0 spiro atoms. The van der Waals surface area contributed by atoms with Crippen molar-refractivity contribution in [2.24, 2.45) is 10.4 Å². The summed E-state index contributed by atoms with van der Waals surface area (Å²) in [7, 11) is 0. The average Bonchev–Trinajstić information content (AvgIpc) is 2.84. The maximum atomic E-state index is 4.97. The van der Waals surface area contributed by atoms with Crippen LogP contribution < -0.4 is 5.32 Å². The summed E-state index contributed by atoms with van der Waals surface area (Å²) in [4.78, 5) is 10.0. The van der Waals surface area contributed by atoms with Crippen LogP contribution in [0.3, 0.4) is 0 Å². The van der Waals surface area contributed by atoms with Gasteiger partial charge in [0.1, 0.15) is 0 Å². The average molecular weight is 422 g/mol. The van der Waals surface area contributed by atoms with Gasteiger partial charge in [0.2, 0.25) is 0 Å². The first kappa shape index (κ1) is 20.0. The van der Waals surface area contributed by atoms with E-state index in [2.05, 4.69) is 42.8 Å². The van der Waals surface area contributed by atoms with Crippen molar-refractivity contribution in [1.29, 1.82) is 0 Å². The molecular formula is C17H35IN4. The SMILES string of the molecule is CCNC(=NCC1CCCCN1CC)N1CCC(C)(C)C1.I. The molecule has 0 radical (unpaired) electrons. The van der Waals surface area contributed by atoms with Gasteiger partial charge in [0.15, 0.2) is 5.96 Å². The van der Waals surface area contributed by atoms with Crippen molar-refractivity contribution in [3.8, 4) is 0 Å². The monoisotopic (exact) mass is 422 g/mol. The van der Waals surface area contributed by atoms with Gasteiger partial charge in [-0.1, -0.05) is 27.2 Å². The minimum atomic E-state index is 0. The quantitative estimate of drug-likeness (QED) is 0.429. The third kappa shape index (κ3) is 5.55. The van der Waals surface area contributed by atoms with E-state index in [4.69, 9.17) is 4.99 Å². The molecule has 0 amide bonds. The highest BCUT2D eigenvalue weighted by Gasteiger charge is 2.31. The number of halogens is 1. The number of hydrogen-bond acceptors (Lipinski definition) is 2. The number of piperidine rings is 1. The standard InChI is InChI=1S/C17H34N4.HI/c1-5-18-16(21-12-10-17(3,4)14-21)19-13-15-9-7-8-11-20(15)6-2;/h15H,5-14H2,1-4H3,(H,18,19);1H. The maximum Gasteiger partial charge on any atom is 0.193 e. The Morgan fingerprint density at radius 1 is 1.23 bits per heavy atom. The molecule has 0 aromatic heterocycles. The van der Waals surface area contributed by atoms with E-state index in [1.54, 1.807) is 0 Å². The lowest BCUT2D eigenvalue weighted by atomic mass is 9.93. The van der Waals surface area contributed by atoms with E-state index < -0.39 is 0 Å². The summed E-state index contributed by atoms with van der Waals surface area (Å²) in [6.07, 6.45) is 5.29. The van der Waals surface area contributed by atoms with Crippen molar-refractivity contribution < 1.29 is 0 Å². The predicted octanol–water partition coefficient (Wildman–Crippen LogP) is 3.18. The van der Waals surface area contributed by atoms with E-state index in [1.165, 1.54) is 32.2 Å². The molecule has 0 aromatic rings. The van der Waals surface area contributed by atoms with Gasteiger partial charge in [-0.05, 0) is 44.7 Å². The lowest BCUT2D eigenvalue weighted by Crippen LogP contribution is -2.44. The fourth-order valence-electron chi connectivity index (χ4n) is 3.59. The van der Waals surface area contributed by atoms with Gasteiger partial charge in [-0.2, -0.15) is 0 Å². The second kappa shape index (κ2) is 9.30. The summed E-state index contributed by atoms with van der Waals surface area (Å²) in [5.74, 6) is 1.13. The van der Waals surface area contributed by atoms with Crippen LogP contribution in [0, 0.1) is 5.41 Å². The number of nitrogens with one attached hydrogen (secondary N) is 1. The Bertz CT molecular complexity index is 357. The molecule has 2 saturated heterocycles. The fourth-order valence-corrected chi connectivity index (χ4v) is 3.59. The van der Waals surface area contributed by atoms with Gasteiger partial charge in [-0.3, -0.25) is 9.89 Å². The Morgan fingerprint density at radius 3 is 2.59 bits per heavy atom. The van der Waals surface area contributed by atoms with Crippen LogP contribution >= 0.6 is 24.0 Å². The highest BCUT2D eigenvalue weighted by Crippen LogP contribution is 2.28. The van der Waals surface area contributed by atoms with E-state index >= 15 is 0 Å². The smallest absolute Gasteiger partial charge is 0.193 e. The number of rotatable bonds is 4. The summed E-state index contributed by atoms with van der Waals surface area (Å²) >= 11 is 0. The Morgan fingerprint density at radius 2 is 2.00 bits per heavy atom. The third-order valence-electron chi connectivity index (χ3n) is 4.92. The van der Waals surface area contributed by atoms with E-state index in [-0.39, 0.29) is 24.0 Å². The number of likely N-dealkylation sites (tertiary alicyclic amines) is 2. The molecule has 1 N–H and O–H groups in total. The molecule has 2 aliphatic rings. The summed E-state index contributed by atoms with van der Waals surface area (Å²) in [6.45, 7) is 15.7. The van der Waals surface area contributed by atoms with Gasteiger partial charge < -0.3 is 10.2 Å². The van der Waals surface area contributed by atoms with Crippen molar-refractivity contribution in [2.75, 3.05) is 39.3 Å². The number of nitrogens with zero attached hydrogens (tertiary/aromatic N) is 3. The Balaban J connectivity index is 0.00000242. The van der Waals surface area contributed by atoms with Crippen LogP contribution in [0.2, 0.25) is 0 Å². The lowest BCUT2D eigenvalue weighted by Gasteiger charge is -2.34. The zero-order valence-electron chi connectivity index (χ0n) is 14.9. The molecule has 5 heteroatoms. The van der Waals surface area contributed by atoms with Crippen LogP contribution in [0.25, 0.3) is 0 Å². The molecule has 0 aliphatic carbocycles. The van der Waals surface area contributed by atoms with E-state index in [0.29, 0.717) is 11.5 Å². The van der Waals surface area contributed by atoms with Crippen LogP contribution in [0.1, 0.15) is 53.4 Å². The van der Waals surface area contributed by atoms with Crippen molar-refractivity contribution in [1.82, 2.24) is 15.1 Å². The minimum absolute atomic E-state index is 0. The molecule has 22 heavy (non-hydrogen) atoms. The minimum Gasteiger partial charge on any atom is -0.357 e. The highest BCUT2D eigenvalue weighted by atomic mass is 127. The van der Waals surface area contributed by atoms with Crippen molar-refractivity contribution in [2.45, 2.75) is 59.4 Å². The van der Waals surface area contributed by atoms with E-state index in [1.807, 2.05) is 0 Å². The number of likely N-dealkylation sites (N-methyl/N-ethyl adjacent to an activating group) is 1. The van der Waals surface area contributed by atoms with Gasteiger partial charge in [0.25, 0.3) is 0 Å². The van der Waals surface area contributed by atoms with Gasteiger partial charge in [0.05, 0.1) is 6.54 Å². The normalized spacial score (nSPS) is 25.9. The summed E-state index contributed by atoms with van der Waals surface area (Å²) in [6, 6.07) is 0.646. The largest absolute Gasteiger partial charge is 0.357 e. The second-order valence-corrected chi connectivity index (χ2v) is 7.31. The second-order valence-electron chi connectivity index (χ2n) is 7.31. The Kier molecular flexibility index (Phi) is 8.46. The highest BCUT2D eigenvalue weighted by molar-refractivity contribution is 14.0. The molecule has 4 nitrogen and oxygen atoms in total. The van der Waals surface area contributed by atoms with Gasteiger partial charge in [-0.15, -0.1) is 24.0 Å². The van der Waals surface area contributed by atoms with Crippen LogP contribution in [0.15, 0.2) is 4.99 Å². The molecule has 130 valence electrons. The number of aliphatic imine (C=N–C) groups is 1. The third-order valence-corrected chi connectivity index (χ3v) is 4.92. The predicted molar refractivity (Wildman–Crippen MR) is 106 cm³/mol. The summed E-state index contributed by atoms with van der Waals surface area (Å²) in [5, 5.41) is 3.49. The van der Waals surface area contributed by atoms with Crippen molar-refractivity contribution >= 4 is 29.9 Å². The zero-order valence-corrected chi connectivity index (χ0v) is 17.2. The molecule has 2 fully saturated rings. The molecule has 2 heterocycles. The molecule has 1 atom stereocenters. The van der Waals surface area contributed by atoms with E-state index in [9.17, 15) is 0 Å². The molecular weight excluding hydrogens is 387 g/mol. The number of hydrogen-bond donors (Lipinski definition) is 1. The summed E-state index contributed by atoms with van der Waals surface area (Å²) < 4.78 is 0. The first-order valence-corrected chi connectivity index (χ1v) is 8.83. The zero-order chi connectivity index (χ0) is 15.3. The van der Waals surface area contributed by atoms with Crippen LogP contribution in [0.4, 0.5) is 0 Å². The van der Waals surface area contributed by atoms with Crippen LogP contribution in [-0.4, -0.2) is 61.1 Å². The van der Waals surface area contributed by atoms with Gasteiger partial charge in [0, 0.05) is 25.7 Å². The number of guanidine groups is 1. The maximum absolute atomic E-state index is 4.97. The van der Waals surface area contributed by atoms with Crippen LogP contribution in [0.5, 0.6) is 0 Å². The first-order chi connectivity index (χ1) is 10.1. The lowest BCUT2D eigenvalue weighted by molar-refractivity contribution is 0.161. The van der Waals surface area contributed by atoms with Crippen molar-refractivity contribution in [3.05, 3.63) is 0 Å². The van der Waals surface area contributed by atoms with Gasteiger partial charge >= 0.3 is 0 Å². The molecule has 0 bridgehead atoms. The molecule has 0 aromatic carbocycles. The molecule has 2 aliphatic heterocycles. The first-order valence-electron chi connectivity index (χ1n) is 8.83. The Hall–Kier alpha value is -0.0400. The van der Waals surface area contributed by atoms with E-state index in [0.717, 1.165) is 38.7 Å².